The van der Waals surface area contributed by atoms with Gasteiger partial charge in [0.05, 0.1) is 17.7 Å². The molecule has 2 aromatic rings. The SMILES string of the molecule is O=C1CCOC(=O)N1N1C(=O)c2cccc3c(Br)ccc1c23. The van der Waals surface area contributed by atoms with Gasteiger partial charge in [-0.05, 0) is 23.6 Å². The summed E-state index contributed by atoms with van der Waals surface area (Å²) >= 11 is 3.45. The number of nitrogens with zero attached hydrogens (tertiary/aromatic N) is 2. The molecule has 0 radical (unpaired) electrons. The Balaban J connectivity index is 1.95. The van der Waals surface area contributed by atoms with Crippen LogP contribution in [0.4, 0.5) is 10.5 Å². The molecule has 2 heterocycles. The summed E-state index contributed by atoms with van der Waals surface area (Å²) in [5.74, 6) is -0.862. The summed E-state index contributed by atoms with van der Waals surface area (Å²) in [4.78, 5) is 36.7. The smallest absolute Gasteiger partial charge is 0.436 e. The van der Waals surface area contributed by atoms with Crippen LogP contribution in [0.5, 0.6) is 0 Å². The van der Waals surface area contributed by atoms with Crippen LogP contribution in [0.3, 0.4) is 0 Å². The second-order valence-corrected chi connectivity index (χ2v) is 5.84. The van der Waals surface area contributed by atoms with E-state index in [1.165, 1.54) is 0 Å². The maximum atomic E-state index is 12.7. The Kier molecular flexibility index (Phi) is 2.74. The number of halogens is 1. The number of carbonyl (C=O) groups is 3. The van der Waals surface area contributed by atoms with E-state index in [1.807, 2.05) is 6.07 Å². The first-order chi connectivity index (χ1) is 10.6. The van der Waals surface area contributed by atoms with Crippen molar-refractivity contribution in [3.8, 4) is 0 Å². The molecule has 0 aromatic heterocycles. The number of hydrazine groups is 1. The minimum absolute atomic E-state index is 0.0406. The van der Waals surface area contributed by atoms with Crippen LogP contribution in [-0.4, -0.2) is 29.5 Å². The van der Waals surface area contributed by atoms with Crippen LogP contribution < -0.4 is 5.01 Å². The van der Waals surface area contributed by atoms with Gasteiger partial charge in [0.15, 0.2) is 0 Å². The summed E-state index contributed by atoms with van der Waals surface area (Å²) in [7, 11) is 0. The second-order valence-electron chi connectivity index (χ2n) is 4.98. The monoisotopic (exact) mass is 360 g/mol. The predicted octanol–water partition coefficient (Wildman–Crippen LogP) is 2.85. The number of benzene rings is 2. The zero-order valence-electron chi connectivity index (χ0n) is 11.2. The van der Waals surface area contributed by atoms with Crippen molar-refractivity contribution in [1.29, 1.82) is 0 Å². The molecule has 110 valence electrons. The molecule has 2 aliphatic rings. The maximum absolute atomic E-state index is 12.7. The van der Waals surface area contributed by atoms with Gasteiger partial charge in [-0.3, -0.25) is 9.59 Å². The Hall–Kier alpha value is -2.41. The first kappa shape index (κ1) is 13.3. The number of carbonyl (C=O) groups excluding carboxylic acids is 3. The van der Waals surface area contributed by atoms with Crippen molar-refractivity contribution >= 4 is 50.3 Å². The first-order valence-electron chi connectivity index (χ1n) is 6.65. The highest BCUT2D eigenvalue weighted by Gasteiger charge is 2.42. The zero-order chi connectivity index (χ0) is 15.4. The van der Waals surface area contributed by atoms with Gasteiger partial charge in [-0.25, -0.2) is 9.80 Å². The van der Waals surface area contributed by atoms with Crippen LogP contribution in [0, 0.1) is 0 Å². The molecule has 0 saturated carbocycles. The van der Waals surface area contributed by atoms with Crippen molar-refractivity contribution in [1.82, 2.24) is 5.01 Å². The molecule has 0 N–H and O–H groups in total. The summed E-state index contributed by atoms with van der Waals surface area (Å²) in [6, 6.07) is 8.81. The molecule has 7 heteroatoms. The Labute approximate surface area is 133 Å². The number of amides is 3. The first-order valence-corrected chi connectivity index (χ1v) is 7.44. The molecule has 6 nitrogen and oxygen atoms in total. The topological polar surface area (TPSA) is 66.9 Å². The van der Waals surface area contributed by atoms with Crippen LogP contribution in [0.2, 0.25) is 0 Å². The van der Waals surface area contributed by atoms with Gasteiger partial charge in [0.1, 0.15) is 6.61 Å². The van der Waals surface area contributed by atoms with Gasteiger partial charge in [-0.2, -0.15) is 0 Å². The zero-order valence-corrected chi connectivity index (χ0v) is 12.8. The van der Waals surface area contributed by atoms with E-state index in [0.29, 0.717) is 16.6 Å². The molecule has 3 amide bonds. The maximum Gasteiger partial charge on any atom is 0.436 e. The van der Waals surface area contributed by atoms with Crippen LogP contribution in [-0.2, 0) is 9.53 Å². The van der Waals surface area contributed by atoms with Gasteiger partial charge >= 0.3 is 6.09 Å². The van der Waals surface area contributed by atoms with Gasteiger partial charge < -0.3 is 4.74 Å². The van der Waals surface area contributed by atoms with Crippen LogP contribution in [0.25, 0.3) is 10.8 Å². The highest BCUT2D eigenvalue weighted by atomic mass is 79.9. The lowest BCUT2D eigenvalue weighted by atomic mass is 10.1. The van der Waals surface area contributed by atoms with Gasteiger partial charge in [0.2, 0.25) is 0 Å². The lowest BCUT2D eigenvalue weighted by Crippen LogP contribution is -2.54. The van der Waals surface area contributed by atoms with Crippen molar-refractivity contribution in [2.24, 2.45) is 0 Å². The Morgan fingerprint density at radius 3 is 2.64 bits per heavy atom. The van der Waals surface area contributed by atoms with Crippen molar-refractivity contribution in [3.05, 3.63) is 40.4 Å². The lowest BCUT2D eigenvalue weighted by Gasteiger charge is -2.32. The molecule has 0 aliphatic carbocycles. The van der Waals surface area contributed by atoms with Gasteiger partial charge in [-0.15, -0.1) is 5.01 Å². The number of hydrogen-bond donors (Lipinski definition) is 0. The van der Waals surface area contributed by atoms with Crippen molar-refractivity contribution in [2.75, 3.05) is 11.6 Å². The predicted molar refractivity (Wildman–Crippen MR) is 81.3 cm³/mol. The lowest BCUT2D eigenvalue weighted by molar-refractivity contribution is -0.133. The Morgan fingerprint density at radius 1 is 1.05 bits per heavy atom. The second kappa shape index (κ2) is 4.54. The summed E-state index contributed by atoms with van der Waals surface area (Å²) in [5.41, 5.74) is 0.964. The van der Waals surface area contributed by atoms with Crippen molar-refractivity contribution < 1.29 is 19.1 Å². The fraction of sp³-hybridized carbons (Fsp3) is 0.133. The highest BCUT2D eigenvalue weighted by Crippen LogP contribution is 2.41. The molecule has 1 fully saturated rings. The Morgan fingerprint density at radius 2 is 1.86 bits per heavy atom. The number of anilines is 1. The third kappa shape index (κ3) is 1.62. The number of ether oxygens (including phenoxy) is 1. The largest absolute Gasteiger partial charge is 0.447 e. The van der Waals surface area contributed by atoms with Crippen molar-refractivity contribution in [3.63, 3.8) is 0 Å². The van der Waals surface area contributed by atoms with Gasteiger partial charge in [-0.1, -0.05) is 28.1 Å². The molecule has 1 saturated heterocycles. The van der Waals surface area contributed by atoms with E-state index in [2.05, 4.69) is 15.9 Å². The summed E-state index contributed by atoms with van der Waals surface area (Å²) in [6.45, 7) is 0.0406. The van der Waals surface area contributed by atoms with E-state index in [9.17, 15) is 14.4 Å². The van der Waals surface area contributed by atoms with Crippen LogP contribution in [0.1, 0.15) is 16.8 Å². The number of hydrogen-bond acceptors (Lipinski definition) is 4. The number of rotatable bonds is 1. The molecule has 0 atom stereocenters. The molecule has 2 aliphatic heterocycles. The van der Waals surface area contributed by atoms with E-state index < -0.39 is 17.9 Å². The minimum atomic E-state index is -0.825. The highest BCUT2D eigenvalue weighted by molar-refractivity contribution is 9.10. The molecule has 0 spiro atoms. The average molecular weight is 361 g/mol. The third-order valence-corrected chi connectivity index (χ3v) is 4.46. The van der Waals surface area contributed by atoms with Crippen molar-refractivity contribution in [2.45, 2.75) is 6.42 Å². The number of cyclic esters (lactones) is 1. The molecular formula is C15H9BrN2O4. The number of imide groups is 1. The fourth-order valence-corrected chi connectivity index (χ4v) is 3.28. The standard InChI is InChI=1S/C15H9BrN2O4/c16-10-4-5-11-13-8(10)2-1-3-9(13)14(20)17(11)18-12(19)6-7-22-15(18)21/h1-5H,6-7H2. The summed E-state index contributed by atoms with van der Waals surface area (Å²) in [5, 5.41) is 3.46. The molecule has 22 heavy (non-hydrogen) atoms. The van der Waals surface area contributed by atoms with Crippen LogP contribution in [0.15, 0.2) is 34.8 Å². The van der Waals surface area contributed by atoms with E-state index >= 15 is 0 Å². The van der Waals surface area contributed by atoms with Crippen LogP contribution >= 0.6 is 15.9 Å². The molecule has 0 unspecified atom stereocenters. The Bertz CT molecular complexity index is 848. The minimum Gasteiger partial charge on any atom is -0.447 e. The summed E-state index contributed by atoms with van der Waals surface area (Å²) < 4.78 is 5.75. The molecule has 4 rings (SSSR count). The normalized spacial score (nSPS) is 17.4. The van der Waals surface area contributed by atoms with Gasteiger partial charge in [0, 0.05) is 9.86 Å². The molecule has 0 bridgehead atoms. The third-order valence-electron chi connectivity index (χ3n) is 3.77. The summed E-state index contributed by atoms with van der Waals surface area (Å²) in [6.07, 6.45) is -0.764. The quantitative estimate of drug-likeness (QED) is 0.784. The fourth-order valence-electron chi connectivity index (χ4n) is 2.82. The van der Waals surface area contributed by atoms with E-state index in [-0.39, 0.29) is 13.0 Å². The van der Waals surface area contributed by atoms with E-state index in [1.54, 1.807) is 24.3 Å². The molecule has 2 aromatic carbocycles. The average Bonchev–Trinajstić information content (AvgIpc) is 2.78. The molecular weight excluding hydrogens is 352 g/mol. The van der Waals surface area contributed by atoms with E-state index in [0.717, 1.165) is 19.9 Å². The van der Waals surface area contributed by atoms with E-state index in [4.69, 9.17) is 4.74 Å². The van der Waals surface area contributed by atoms with Gasteiger partial charge in [0.25, 0.3) is 11.8 Å².